The van der Waals surface area contributed by atoms with Crippen molar-refractivity contribution in [2.45, 2.75) is 12.6 Å². The highest BCUT2D eigenvalue weighted by atomic mass is 16.3. The summed E-state index contributed by atoms with van der Waals surface area (Å²) >= 11 is 0. The second-order valence-corrected chi connectivity index (χ2v) is 5.06. The number of carbonyl (C=O) groups excluding carboxylic acids is 1. The van der Waals surface area contributed by atoms with Gasteiger partial charge >= 0.3 is 0 Å². The van der Waals surface area contributed by atoms with Crippen LogP contribution in [0.15, 0.2) is 55.0 Å². The Morgan fingerprint density at radius 2 is 2.00 bits per heavy atom. The number of nitrogens with zero attached hydrogens (tertiary/aromatic N) is 4. The molecule has 3 aromatic rings. The number of benzene rings is 1. The highest BCUT2D eigenvalue weighted by Crippen LogP contribution is 2.19. The minimum atomic E-state index is -0.912. The first kappa shape index (κ1) is 14.2. The number of hydrogen-bond acceptors (Lipinski definition) is 4. The summed E-state index contributed by atoms with van der Waals surface area (Å²) in [6.07, 6.45) is 2.37. The van der Waals surface area contributed by atoms with Crippen molar-refractivity contribution in [3.63, 3.8) is 0 Å². The lowest BCUT2D eigenvalue weighted by atomic mass is 10.1. The van der Waals surface area contributed by atoms with Crippen LogP contribution in [0, 0.1) is 0 Å². The van der Waals surface area contributed by atoms with Crippen molar-refractivity contribution in [3.05, 3.63) is 72.1 Å². The van der Waals surface area contributed by atoms with E-state index in [1.165, 1.54) is 6.33 Å². The van der Waals surface area contributed by atoms with E-state index in [-0.39, 0.29) is 12.3 Å². The number of aliphatic hydroxyl groups excluding tert-OH is 1. The summed E-state index contributed by atoms with van der Waals surface area (Å²) in [5.41, 5.74) is 1.32. The summed E-state index contributed by atoms with van der Waals surface area (Å²) in [5.74, 6) is 0.294. The van der Waals surface area contributed by atoms with Crippen LogP contribution in [0.3, 0.4) is 0 Å². The van der Waals surface area contributed by atoms with Crippen molar-refractivity contribution in [1.29, 1.82) is 0 Å². The van der Waals surface area contributed by atoms with Gasteiger partial charge in [0.05, 0.1) is 12.2 Å². The maximum atomic E-state index is 12.3. The number of ketones is 1. The largest absolute Gasteiger partial charge is 0.380 e. The Morgan fingerprint density at radius 1 is 1.23 bits per heavy atom. The van der Waals surface area contributed by atoms with E-state index in [9.17, 15) is 9.90 Å². The molecule has 0 fully saturated rings. The van der Waals surface area contributed by atoms with Gasteiger partial charge in [-0.1, -0.05) is 30.3 Å². The molecule has 0 amide bonds. The summed E-state index contributed by atoms with van der Waals surface area (Å²) in [7, 11) is 1.82. The van der Waals surface area contributed by atoms with Crippen LogP contribution in [0.5, 0.6) is 0 Å². The van der Waals surface area contributed by atoms with Crippen molar-refractivity contribution in [3.8, 4) is 0 Å². The highest BCUT2D eigenvalue weighted by molar-refractivity contribution is 5.94. The summed E-state index contributed by atoms with van der Waals surface area (Å²) in [6, 6.07) is 12.8. The molecule has 0 aliphatic rings. The van der Waals surface area contributed by atoms with E-state index in [0.717, 1.165) is 0 Å². The fraction of sp³-hybridized carbons (Fsp3) is 0.188. The number of hydrogen-bond donors (Lipinski definition) is 1. The molecule has 0 radical (unpaired) electrons. The molecule has 0 aliphatic carbocycles. The average Bonchev–Trinajstić information content (AvgIpc) is 3.16. The van der Waals surface area contributed by atoms with Crippen LogP contribution in [-0.2, 0) is 13.6 Å². The molecule has 6 heteroatoms. The van der Waals surface area contributed by atoms with Crippen LogP contribution in [0.4, 0.5) is 0 Å². The van der Waals surface area contributed by atoms with Gasteiger partial charge < -0.3 is 14.2 Å². The molecule has 0 bridgehead atoms. The molecule has 0 aliphatic heterocycles. The van der Waals surface area contributed by atoms with Crippen LogP contribution in [-0.4, -0.2) is 30.2 Å². The SMILES string of the molecule is Cn1cccc1C(=O)Cn1cnnc1C(O)c1ccccc1. The lowest BCUT2D eigenvalue weighted by molar-refractivity contribution is 0.0959. The third-order valence-electron chi connectivity index (χ3n) is 3.55. The van der Waals surface area contributed by atoms with Crippen molar-refractivity contribution >= 4 is 5.78 Å². The van der Waals surface area contributed by atoms with Gasteiger partial charge in [-0.2, -0.15) is 0 Å². The van der Waals surface area contributed by atoms with Crippen molar-refractivity contribution in [2.75, 3.05) is 0 Å². The van der Waals surface area contributed by atoms with E-state index in [1.54, 1.807) is 15.2 Å². The first-order valence-electron chi connectivity index (χ1n) is 6.92. The standard InChI is InChI=1S/C16H16N4O2/c1-19-9-5-8-13(19)14(21)10-20-11-17-18-16(20)15(22)12-6-3-2-4-7-12/h2-9,11,15,22H,10H2,1H3. The van der Waals surface area contributed by atoms with Crippen molar-refractivity contribution in [1.82, 2.24) is 19.3 Å². The van der Waals surface area contributed by atoms with E-state index in [4.69, 9.17) is 0 Å². The molecule has 0 spiro atoms. The van der Waals surface area contributed by atoms with E-state index < -0.39 is 6.10 Å². The van der Waals surface area contributed by atoms with Gasteiger partial charge in [0.2, 0.25) is 0 Å². The molecule has 1 atom stereocenters. The molecule has 1 unspecified atom stereocenters. The Balaban J connectivity index is 1.84. The monoisotopic (exact) mass is 296 g/mol. The fourth-order valence-corrected chi connectivity index (χ4v) is 2.37. The third kappa shape index (κ3) is 2.68. The molecular formula is C16H16N4O2. The van der Waals surface area contributed by atoms with Gasteiger partial charge in [0.1, 0.15) is 12.4 Å². The van der Waals surface area contributed by atoms with Crippen LogP contribution >= 0.6 is 0 Å². The number of Topliss-reactive ketones (excluding diaryl/α,β-unsaturated/α-hetero) is 1. The Bertz CT molecular complexity index is 776. The number of aromatic nitrogens is 4. The molecule has 0 saturated carbocycles. The first-order chi connectivity index (χ1) is 10.7. The minimum absolute atomic E-state index is 0.0613. The summed E-state index contributed by atoms with van der Waals surface area (Å²) in [5, 5.41) is 18.2. The summed E-state index contributed by atoms with van der Waals surface area (Å²) in [6.45, 7) is 0.0874. The number of aliphatic hydroxyl groups is 1. The van der Waals surface area contributed by atoms with Gasteiger partial charge in [-0.05, 0) is 17.7 Å². The second-order valence-electron chi connectivity index (χ2n) is 5.06. The lowest BCUT2D eigenvalue weighted by Gasteiger charge is -2.12. The first-order valence-corrected chi connectivity index (χ1v) is 6.92. The molecule has 1 N–H and O–H groups in total. The fourth-order valence-electron chi connectivity index (χ4n) is 2.37. The Labute approximate surface area is 127 Å². The highest BCUT2D eigenvalue weighted by Gasteiger charge is 2.19. The normalized spacial score (nSPS) is 12.3. The molecule has 3 rings (SSSR count). The molecule has 6 nitrogen and oxygen atoms in total. The number of carbonyl (C=O) groups is 1. The van der Waals surface area contributed by atoms with E-state index in [1.807, 2.05) is 49.6 Å². The number of rotatable bonds is 5. The van der Waals surface area contributed by atoms with Crippen LogP contribution < -0.4 is 0 Å². The predicted molar refractivity (Wildman–Crippen MR) is 80.3 cm³/mol. The zero-order valence-electron chi connectivity index (χ0n) is 12.1. The van der Waals surface area contributed by atoms with E-state index in [2.05, 4.69) is 10.2 Å². The maximum Gasteiger partial charge on any atom is 0.198 e. The van der Waals surface area contributed by atoms with Gasteiger partial charge in [0, 0.05) is 13.2 Å². The summed E-state index contributed by atoms with van der Waals surface area (Å²) in [4.78, 5) is 12.3. The zero-order chi connectivity index (χ0) is 15.5. The quantitative estimate of drug-likeness (QED) is 0.726. The van der Waals surface area contributed by atoms with Gasteiger partial charge in [0.15, 0.2) is 11.6 Å². The summed E-state index contributed by atoms with van der Waals surface area (Å²) < 4.78 is 3.34. The van der Waals surface area contributed by atoms with Crippen molar-refractivity contribution < 1.29 is 9.90 Å². The molecule has 22 heavy (non-hydrogen) atoms. The molecule has 1 aromatic carbocycles. The Kier molecular flexibility index (Phi) is 3.84. The Hall–Kier alpha value is -2.73. The third-order valence-corrected chi connectivity index (χ3v) is 3.55. The molecular weight excluding hydrogens is 280 g/mol. The van der Waals surface area contributed by atoms with Crippen molar-refractivity contribution in [2.24, 2.45) is 7.05 Å². The molecule has 0 saturated heterocycles. The van der Waals surface area contributed by atoms with Crippen LogP contribution in [0.2, 0.25) is 0 Å². The van der Waals surface area contributed by atoms with Gasteiger partial charge in [0.25, 0.3) is 0 Å². The predicted octanol–water partition coefficient (Wildman–Crippen LogP) is 1.58. The minimum Gasteiger partial charge on any atom is -0.380 e. The smallest absolute Gasteiger partial charge is 0.198 e. The number of aryl methyl sites for hydroxylation is 1. The van der Waals surface area contributed by atoms with Gasteiger partial charge in [-0.15, -0.1) is 10.2 Å². The maximum absolute atomic E-state index is 12.3. The Morgan fingerprint density at radius 3 is 2.68 bits per heavy atom. The van der Waals surface area contributed by atoms with Gasteiger partial charge in [-0.25, -0.2) is 0 Å². The van der Waals surface area contributed by atoms with Crippen LogP contribution in [0.25, 0.3) is 0 Å². The average molecular weight is 296 g/mol. The lowest BCUT2D eigenvalue weighted by Crippen LogP contribution is -2.17. The van der Waals surface area contributed by atoms with Gasteiger partial charge in [-0.3, -0.25) is 4.79 Å². The van der Waals surface area contributed by atoms with E-state index in [0.29, 0.717) is 17.1 Å². The van der Waals surface area contributed by atoms with Crippen LogP contribution in [0.1, 0.15) is 28.0 Å². The topological polar surface area (TPSA) is 72.9 Å². The molecule has 2 heterocycles. The van der Waals surface area contributed by atoms with E-state index >= 15 is 0 Å². The molecule has 2 aromatic heterocycles. The molecule has 112 valence electrons. The zero-order valence-corrected chi connectivity index (χ0v) is 12.1. The second kappa shape index (κ2) is 5.95.